The Labute approximate surface area is 182 Å². The van der Waals surface area contributed by atoms with Gasteiger partial charge in [-0.05, 0) is 51.0 Å². The molecule has 0 atom stereocenters. The van der Waals surface area contributed by atoms with E-state index in [9.17, 15) is 4.39 Å². The van der Waals surface area contributed by atoms with Gasteiger partial charge in [0.1, 0.15) is 5.82 Å². The number of fused-ring (bicyclic) bond motifs is 1. The molecular weight excluding hydrogens is 470 g/mol. The fourth-order valence-corrected chi connectivity index (χ4v) is 3.22. The van der Waals surface area contributed by atoms with Gasteiger partial charge in [0.25, 0.3) is 0 Å². The summed E-state index contributed by atoms with van der Waals surface area (Å²) in [5, 5.41) is 12.0. The van der Waals surface area contributed by atoms with Crippen LogP contribution in [0.25, 0.3) is 10.9 Å². The van der Waals surface area contributed by atoms with Gasteiger partial charge in [0.2, 0.25) is 0 Å². The van der Waals surface area contributed by atoms with E-state index < -0.39 is 0 Å². The lowest BCUT2D eigenvalue weighted by atomic mass is 10.1. The molecule has 0 aliphatic rings. The van der Waals surface area contributed by atoms with Crippen LogP contribution in [0.3, 0.4) is 0 Å². The van der Waals surface area contributed by atoms with Crippen molar-refractivity contribution in [3.05, 3.63) is 52.7 Å². The SMILES string of the molecule is CCNC(=NCc1c(C)nn(C)c1C)NCCc1c[nH]c2ccc(F)cc12.I. The predicted octanol–water partition coefficient (Wildman–Crippen LogP) is 3.57. The molecule has 3 N–H and O–H groups in total. The smallest absolute Gasteiger partial charge is 0.191 e. The van der Waals surface area contributed by atoms with Crippen LogP contribution in [0.1, 0.15) is 29.4 Å². The van der Waals surface area contributed by atoms with Crippen molar-refractivity contribution >= 4 is 40.8 Å². The Hall–Kier alpha value is -2.10. The Morgan fingerprint density at radius 3 is 2.75 bits per heavy atom. The van der Waals surface area contributed by atoms with E-state index in [0.717, 1.165) is 52.3 Å². The van der Waals surface area contributed by atoms with Crippen molar-refractivity contribution in [3.8, 4) is 0 Å². The minimum absolute atomic E-state index is 0. The maximum absolute atomic E-state index is 13.5. The molecule has 0 radical (unpaired) electrons. The summed E-state index contributed by atoms with van der Waals surface area (Å²) in [6, 6.07) is 4.82. The standard InChI is InChI=1S/C20H27FN6.HI/c1-5-22-20(25-12-18-13(2)26-27(4)14(18)3)23-9-8-15-11-24-19-7-6-16(21)10-17(15)19;/h6-7,10-11,24H,5,8-9,12H2,1-4H3,(H2,22,23,25);1H. The zero-order chi connectivity index (χ0) is 19.4. The van der Waals surface area contributed by atoms with Crippen molar-refractivity contribution < 1.29 is 4.39 Å². The molecule has 0 saturated heterocycles. The van der Waals surface area contributed by atoms with E-state index in [1.54, 1.807) is 12.1 Å². The molecule has 0 saturated carbocycles. The summed E-state index contributed by atoms with van der Waals surface area (Å²) in [6.45, 7) is 8.19. The number of benzene rings is 1. The van der Waals surface area contributed by atoms with Crippen LogP contribution in [-0.4, -0.2) is 33.8 Å². The summed E-state index contributed by atoms with van der Waals surface area (Å²) in [5.41, 5.74) is 5.34. The average molecular weight is 498 g/mol. The second kappa shape index (κ2) is 9.90. The number of nitrogens with one attached hydrogen (secondary N) is 3. The largest absolute Gasteiger partial charge is 0.361 e. The average Bonchev–Trinajstić information content (AvgIpc) is 3.14. The van der Waals surface area contributed by atoms with Crippen LogP contribution in [-0.2, 0) is 20.0 Å². The highest BCUT2D eigenvalue weighted by molar-refractivity contribution is 14.0. The molecule has 0 bridgehead atoms. The monoisotopic (exact) mass is 498 g/mol. The number of guanidine groups is 1. The predicted molar refractivity (Wildman–Crippen MR) is 123 cm³/mol. The Kier molecular flexibility index (Phi) is 7.85. The van der Waals surface area contributed by atoms with E-state index in [4.69, 9.17) is 0 Å². The molecule has 0 fully saturated rings. The van der Waals surface area contributed by atoms with Crippen LogP contribution in [0.4, 0.5) is 4.39 Å². The van der Waals surface area contributed by atoms with Gasteiger partial charge in [-0.3, -0.25) is 4.68 Å². The molecule has 0 amide bonds. The summed E-state index contributed by atoms with van der Waals surface area (Å²) in [5.74, 6) is 0.555. The number of nitrogens with zero attached hydrogens (tertiary/aromatic N) is 3. The minimum atomic E-state index is -0.214. The van der Waals surface area contributed by atoms with Crippen LogP contribution >= 0.6 is 24.0 Å². The number of H-pyrrole nitrogens is 1. The lowest BCUT2D eigenvalue weighted by molar-refractivity contribution is 0.629. The Balaban J connectivity index is 0.00000280. The summed E-state index contributed by atoms with van der Waals surface area (Å²) < 4.78 is 15.4. The second-order valence-electron chi connectivity index (χ2n) is 6.65. The van der Waals surface area contributed by atoms with Gasteiger partial charge in [0, 0.05) is 48.5 Å². The number of aromatic amines is 1. The van der Waals surface area contributed by atoms with Gasteiger partial charge in [-0.1, -0.05) is 0 Å². The van der Waals surface area contributed by atoms with Crippen molar-refractivity contribution in [2.24, 2.45) is 12.0 Å². The minimum Gasteiger partial charge on any atom is -0.361 e. The lowest BCUT2D eigenvalue weighted by Gasteiger charge is -2.11. The maximum atomic E-state index is 13.5. The van der Waals surface area contributed by atoms with E-state index in [1.165, 1.54) is 6.07 Å². The first-order valence-corrected chi connectivity index (χ1v) is 9.26. The number of aliphatic imine (C=N–C) groups is 1. The van der Waals surface area contributed by atoms with Gasteiger partial charge >= 0.3 is 0 Å². The van der Waals surface area contributed by atoms with Crippen molar-refractivity contribution in [1.82, 2.24) is 25.4 Å². The number of hydrogen-bond donors (Lipinski definition) is 3. The molecule has 2 aromatic heterocycles. The van der Waals surface area contributed by atoms with Crippen molar-refractivity contribution in [2.45, 2.75) is 33.7 Å². The van der Waals surface area contributed by atoms with E-state index in [-0.39, 0.29) is 29.8 Å². The molecule has 0 aliphatic heterocycles. The third-order valence-corrected chi connectivity index (χ3v) is 4.81. The number of aromatic nitrogens is 3. The Bertz CT molecular complexity index is 959. The first-order chi connectivity index (χ1) is 13.0. The van der Waals surface area contributed by atoms with Crippen LogP contribution in [0.5, 0.6) is 0 Å². The summed E-state index contributed by atoms with van der Waals surface area (Å²) in [6.07, 6.45) is 2.72. The van der Waals surface area contributed by atoms with Crippen molar-refractivity contribution in [3.63, 3.8) is 0 Å². The fraction of sp³-hybridized carbons (Fsp3) is 0.400. The molecule has 0 unspecified atom stereocenters. The first kappa shape index (κ1) is 22.2. The van der Waals surface area contributed by atoms with Crippen molar-refractivity contribution in [2.75, 3.05) is 13.1 Å². The van der Waals surface area contributed by atoms with Gasteiger partial charge in [-0.25, -0.2) is 9.38 Å². The zero-order valence-electron chi connectivity index (χ0n) is 16.8. The van der Waals surface area contributed by atoms with Crippen LogP contribution in [0.15, 0.2) is 29.4 Å². The van der Waals surface area contributed by atoms with E-state index >= 15 is 0 Å². The van der Waals surface area contributed by atoms with Crippen LogP contribution in [0, 0.1) is 19.7 Å². The van der Waals surface area contributed by atoms with Gasteiger partial charge in [0.15, 0.2) is 5.96 Å². The highest BCUT2D eigenvalue weighted by Crippen LogP contribution is 2.19. The Morgan fingerprint density at radius 1 is 1.29 bits per heavy atom. The van der Waals surface area contributed by atoms with Gasteiger partial charge in [-0.15, -0.1) is 24.0 Å². The first-order valence-electron chi connectivity index (χ1n) is 9.26. The number of rotatable bonds is 6. The second-order valence-corrected chi connectivity index (χ2v) is 6.65. The molecule has 0 spiro atoms. The normalized spacial score (nSPS) is 11.5. The molecule has 0 aliphatic carbocycles. The number of hydrogen-bond acceptors (Lipinski definition) is 2. The quantitative estimate of drug-likeness (QED) is 0.277. The molecule has 28 heavy (non-hydrogen) atoms. The molecule has 6 nitrogen and oxygen atoms in total. The van der Waals surface area contributed by atoms with E-state index in [0.29, 0.717) is 13.1 Å². The van der Waals surface area contributed by atoms with E-state index in [1.807, 2.05) is 31.8 Å². The third kappa shape index (κ3) is 5.03. The lowest BCUT2D eigenvalue weighted by Crippen LogP contribution is -2.38. The topological polar surface area (TPSA) is 70.0 Å². The molecule has 2 heterocycles. The van der Waals surface area contributed by atoms with E-state index in [2.05, 4.69) is 32.6 Å². The van der Waals surface area contributed by atoms with Gasteiger partial charge in [-0.2, -0.15) is 5.10 Å². The molecular formula is C20H28FIN6. The molecule has 152 valence electrons. The summed E-state index contributed by atoms with van der Waals surface area (Å²) in [7, 11) is 1.95. The van der Waals surface area contributed by atoms with Gasteiger partial charge < -0.3 is 15.6 Å². The van der Waals surface area contributed by atoms with Crippen molar-refractivity contribution in [1.29, 1.82) is 0 Å². The summed E-state index contributed by atoms with van der Waals surface area (Å²) in [4.78, 5) is 7.88. The number of halogens is 2. The van der Waals surface area contributed by atoms with Crippen LogP contribution in [0.2, 0.25) is 0 Å². The number of aryl methyl sites for hydroxylation is 2. The molecule has 1 aromatic carbocycles. The molecule has 3 aromatic rings. The molecule has 3 rings (SSSR count). The highest BCUT2D eigenvalue weighted by atomic mass is 127. The van der Waals surface area contributed by atoms with Crippen LogP contribution < -0.4 is 10.6 Å². The van der Waals surface area contributed by atoms with Gasteiger partial charge in [0.05, 0.1) is 12.2 Å². The maximum Gasteiger partial charge on any atom is 0.191 e. The zero-order valence-corrected chi connectivity index (χ0v) is 19.1. The molecule has 8 heteroatoms. The summed E-state index contributed by atoms with van der Waals surface area (Å²) >= 11 is 0. The highest BCUT2D eigenvalue weighted by Gasteiger charge is 2.09. The third-order valence-electron chi connectivity index (χ3n) is 4.81. The Morgan fingerprint density at radius 2 is 2.07 bits per heavy atom. The fourth-order valence-electron chi connectivity index (χ4n) is 3.22.